The number of hydrogen-bond acceptors (Lipinski definition) is 5. The van der Waals surface area contributed by atoms with Gasteiger partial charge in [0.25, 0.3) is 0 Å². The van der Waals surface area contributed by atoms with E-state index in [4.69, 9.17) is 5.11 Å². The van der Waals surface area contributed by atoms with Crippen molar-refractivity contribution >= 4 is 0 Å². The Morgan fingerprint density at radius 1 is 1.22 bits per heavy atom. The molecule has 18 heavy (non-hydrogen) atoms. The van der Waals surface area contributed by atoms with Gasteiger partial charge in [0.1, 0.15) is 11.6 Å². The predicted molar refractivity (Wildman–Crippen MR) is 66.6 cm³/mol. The van der Waals surface area contributed by atoms with Gasteiger partial charge in [-0.15, -0.1) is 0 Å². The summed E-state index contributed by atoms with van der Waals surface area (Å²) in [7, 11) is 0. The number of nitrogens with zero attached hydrogens (tertiary/aromatic N) is 4. The molecule has 96 valence electrons. The molecule has 2 rings (SSSR count). The topological polar surface area (TPSA) is 77.9 Å². The molecule has 2 aromatic rings. The lowest BCUT2D eigenvalue weighted by Crippen LogP contribution is -2.26. The molecule has 2 heterocycles. The first-order valence-electron chi connectivity index (χ1n) is 5.87. The fourth-order valence-electron chi connectivity index (χ4n) is 1.71. The predicted octanol–water partition coefficient (Wildman–Crippen LogP) is 0.503. The van der Waals surface area contributed by atoms with Crippen LogP contribution in [0.15, 0.2) is 24.8 Å². The van der Waals surface area contributed by atoms with Crippen molar-refractivity contribution in [1.29, 1.82) is 0 Å². The summed E-state index contributed by atoms with van der Waals surface area (Å²) >= 11 is 0. The maximum atomic E-state index is 9.08. The molecular weight excluding hydrogens is 230 g/mol. The van der Waals surface area contributed by atoms with Crippen LogP contribution in [0.5, 0.6) is 0 Å². The van der Waals surface area contributed by atoms with Crippen molar-refractivity contribution in [1.82, 2.24) is 24.8 Å². The highest BCUT2D eigenvalue weighted by atomic mass is 16.3. The number of aromatic nitrogens is 4. The minimum Gasteiger partial charge on any atom is -0.395 e. The number of aliphatic hydroxyl groups excluding tert-OH is 1. The number of aliphatic hydroxyl groups is 1. The van der Waals surface area contributed by atoms with Crippen LogP contribution in [0.25, 0.3) is 0 Å². The van der Waals surface area contributed by atoms with Crippen molar-refractivity contribution in [2.45, 2.75) is 20.0 Å². The van der Waals surface area contributed by atoms with Gasteiger partial charge in [0.05, 0.1) is 13.2 Å². The molecule has 0 saturated heterocycles. The molecule has 2 N–H and O–H groups in total. The molecule has 0 atom stereocenters. The molecule has 0 radical (unpaired) electrons. The number of imidazole rings is 1. The third-order valence-electron chi connectivity index (χ3n) is 2.59. The summed E-state index contributed by atoms with van der Waals surface area (Å²) in [5.41, 5.74) is 1.03. The van der Waals surface area contributed by atoms with Crippen molar-refractivity contribution in [3.8, 4) is 0 Å². The van der Waals surface area contributed by atoms with Crippen molar-refractivity contribution in [3.63, 3.8) is 0 Å². The number of aryl methyl sites for hydroxylation is 1. The third-order valence-corrected chi connectivity index (χ3v) is 2.59. The van der Waals surface area contributed by atoms with E-state index in [-0.39, 0.29) is 6.61 Å². The van der Waals surface area contributed by atoms with Crippen LogP contribution in [0.1, 0.15) is 17.2 Å². The van der Waals surface area contributed by atoms with E-state index in [0.717, 1.165) is 17.2 Å². The van der Waals surface area contributed by atoms with Gasteiger partial charge < -0.3 is 10.1 Å². The Hall–Kier alpha value is -1.79. The van der Waals surface area contributed by atoms with Crippen LogP contribution in [-0.4, -0.2) is 43.1 Å². The highest BCUT2D eigenvalue weighted by Crippen LogP contribution is 2.05. The Labute approximate surface area is 106 Å². The van der Waals surface area contributed by atoms with Crippen LogP contribution in [0.3, 0.4) is 0 Å². The van der Waals surface area contributed by atoms with E-state index in [1.165, 1.54) is 0 Å². The van der Waals surface area contributed by atoms with Gasteiger partial charge in [0, 0.05) is 43.4 Å². The number of nitrogens with one attached hydrogen (secondary N) is 1. The van der Waals surface area contributed by atoms with Crippen LogP contribution >= 0.6 is 0 Å². The van der Waals surface area contributed by atoms with Crippen molar-refractivity contribution in [2.24, 2.45) is 0 Å². The van der Waals surface area contributed by atoms with E-state index in [1.807, 2.05) is 19.3 Å². The molecular formula is C12H17N5O. The fourth-order valence-corrected chi connectivity index (χ4v) is 1.71. The van der Waals surface area contributed by atoms with E-state index in [2.05, 4.69) is 24.8 Å². The molecule has 0 fully saturated rings. The minimum absolute atomic E-state index is 0.118. The Kier molecular flexibility index (Phi) is 4.38. The first-order valence-corrected chi connectivity index (χ1v) is 5.87. The summed E-state index contributed by atoms with van der Waals surface area (Å²) in [6, 6.07) is 0. The van der Waals surface area contributed by atoms with E-state index < -0.39 is 0 Å². The lowest BCUT2D eigenvalue weighted by Gasteiger charge is -2.19. The third kappa shape index (κ3) is 3.61. The van der Waals surface area contributed by atoms with Gasteiger partial charge in [-0.25, -0.2) is 15.0 Å². The van der Waals surface area contributed by atoms with E-state index in [1.54, 1.807) is 12.4 Å². The van der Waals surface area contributed by atoms with Gasteiger partial charge in [-0.3, -0.25) is 4.90 Å². The normalized spacial score (nSPS) is 11.1. The largest absolute Gasteiger partial charge is 0.395 e. The molecule has 0 aliphatic rings. The van der Waals surface area contributed by atoms with E-state index >= 15 is 0 Å². The molecule has 0 aliphatic carbocycles. The average Bonchev–Trinajstić information content (AvgIpc) is 2.85. The van der Waals surface area contributed by atoms with Crippen molar-refractivity contribution < 1.29 is 5.11 Å². The van der Waals surface area contributed by atoms with Gasteiger partial charge >= 0.3 is 0 Å². The van der Waals surface area contributed by atoms with E-state index in [0.29, 0.717) is 19.6 Å². The molecule has 6 nitrogen and oxygen atoms in total. The van der Waals surface area contributed by atoms with Gasteiger partial charge in [0.2, 0.25) is 0 Å². The SMILES string of the molecule is Cc1ncc(CN(CCO)Cc2ncc[nH]2)cn1. The molecule has 0 unspecified atom stereocenters. The van der Waals surface area contributed by atoms with E-state index in [9.17, 15) is 0 Å². The van der Waals surface area contributed by atoms with Gasteiger partial charge in [0.15, 0.2) is 0 Å². The zero-order chi connectivity index (χ0) is 12.8. The van der Waals surface area contributed by atoms with Gasteiger partial charge in [-0.1, -0.05) is 0 Å². The van der Waals surface area contributed by atoms with Crippen LogP contribution in [0.4, 0.5) is 0 Å². The lowest BCUT2D eigenvalue weighted by atomic mass is 10.3. The Balaban J connectivity index is 1.99. The lowest BCUT2D eigenvalue weighted by molar-refractivity contribution is 0.181. The molecule has 0 amide bonds. The smallest absolute Gasteiger partial charge is 0.125 e. The Morgan fingerprint density at radius 3 is 2.61 bits per heavy atom. The summed E-state index contributed by atoms with van der Waals surface area (Å²) in [6.07, 6.45) is 7.15. The first-order chi connectivity index (χ1) is 8.78. The average molecular weight is 247 g/mol. The van der Waals surface area contributed by atoms with Crippen molar-refractivity contribution in [2.75, 3.05) is 13.2 Å². The zero-order valence-electron chi connectivity index (χ0n) is 10.4. The second-order valence-corrected chi connectivity index (χ2v) is 4.11. The quantitative estimate of drug-likeness (QED) is 0.777. The van der Waals surface area contributed by atoms with Crippen LogP contribution in [-0.2, 0) is 13.1 Å². The number of rotatable bonds is 6. The maximum Gasteiger partial charge on any atom is 0.125 e. The molecule has 0 saturated carbocycles. The number of hydrogen-bond donors (Lipinski definition) is 2. The zero-order valence-corrected chi connectivity index (χ0v) is 10.4. The standard InChI is InChI=1S/C12H17N5O/c1-10-15-6-11(7-16-10)8-17(4-5-18)9-12-13-2-3-14-12/h2-3,6-7,18H,4-5,8-9H2,1H3,(H,13,14). The molecule has 0 spiro atoms. The summed E-state index contributed by atoms with van der Waals surface area (Å²) < 4.78 is 0. The maximum absolute atomic E-state index is 9.08. The van der Waals surface area contributed by atoms with Crippen LogP contribution < -0.4 is 0 Å². The summed E-state index contributed by atoms with van der Waals surface area (Å²) in [4.78, 5) is 17.7. The summed E-state index contributed by atoms with van der Waals surface area (Å²) in [5, 5.41) is 9.08. The van der Waals surface area contributed by atoms with Crippen molar-refractivity contribution in [3.05, 3.63) is 42.0 Å². The Bertz CT molecular complexity index is 454. The molecule has 6 heteroatoms. The van der Waals surface area contributed by atoms with Gasteiger partial charge in [-0.05, 0) is 6.92 Å². The monoisotopic (exact) mass is 247 g/mol. The molecule has 0 aromatic carbocycles. The molecule has 0 bridgehead atoms. The fraction of sp³-hybridized carbons (Fsp3) is 0.417. The highest BCUT2D eigenvalue weighted by molar-refractivity contribution is 5.04. The molecule has 2 aromatic heterocycles. The second-order valence-electron chi connectivity index (χ2n) is 4.11. The van der Waals surface area contributed by atoms with Gasteiger partial charge in [-0.2, -0.15) is 0 Å². The first kappa shape index (κ1) is 12.7. The number of aromatic amines is 1. The van der Waals surface area contributed by atoms with Crippen LogP contribution in [0, 0.1) is 6.92 Å². The molecule has 0 aliphatic heterocycles. The minimum atomic E-state index is 0.118. The summed E-state index contributed by atoms with van der Waals surface area (Å²) in [6.45, 7) is 3.93. The highest BCUT2D eigenvalue weighted by Gasteiger charge is 2.08. The summed E-state index contributed by atoms with van der Waals surface area (Å²) in [5.74, 6) is 1.65. The Morgan fingerprint density at radius 2 is 2.00 bits per heavy atom. The number of H-pyrrole nitrogens is 1. The second kappa shape index (κ2) is 6.23. The van der Waals surface area contributed by atoms with Crippen LogP contribution in [0.2, 0.25) is 0 Å².